The highest BCUT2D eigenvalue weighted by atomic mass is 35.5. The number of nitrogens with zero attached hydrogens (tertiary/aromatic N) is 2. The number of anilines is 2. The Balaban J connectivity index is 1.75. The van der Waals surface area contributed by atoms with Gasteiger partial charge in [-0.2, -0.15) is 0 Å². The van der Waals surface area contributed by atoms with Gasteiger partial charge in [-0.05, 0) is 29.8 Å². The van der Waals surface area contributed by atoms with E-state index >= 15 is 0 Å². The summed E-state index contributed by atoms with van der Waals surface area (Å²) < 4.78 is 40.8. The van der Waals surface area contributed by atoms with Crippen LogP contribution in [0.3, 0.4) is 0 Å². The van der Waals surface area contributed by atoms with Gasteiger partial charge in [0.1, 0.15) is 11.6 Å². The third kappa shape index (κ3) is 2.73. The molecule has 32 heavy (non-hydrogen) atoms. The standard InChI is InChI=1S/C23H16ClFN2O4S/c24-18-12-16(10-11-19(18)25)27-21(28)14-32(30,31)23(27)17-8-4-5-9-20(17)26(22(23)29)13-15-6-2-1-3-7-15/h1-12H,13-14H2. The van der Waals surface area contributed by atoms with E-state index < -0.39 is 38.1 Å². The van der Waals surface area contributed by atoms with Crippen molar-refractivity contribution in [1.82, 2.24) is 0 Å². The number of halogens is 2. The SMILES string of the molecule is O=C1CS(=O)(=O)C2(C(=O)N(Cc3ccccc3)c3ccccc32)N1c1ccc(F)c(Cl)c1. The molecule has 2 amide bonds. The van der Waals surface area contributed by atoms with Crippen molar-refractivity contribution in [3.05, 3.63) is 94.8 Å². The number of fused-ring (bicyclic) bond motifs is 2. The Hall–Kier alpha value is -3.23. The van der Waals surface area contributed by atoms with Crippen molar-refractivity contribution in [2.75, 3.05) is 15.6 Å². The van der Waals surface area contributed by atoms with E-state index in [-0.39, 0.29) is 22.8 Å². The number of hydrogen-bond donors (Lipinski definition) is 0. The Morgan fingerprint density at radius 2 is 1.66 bits per heavy atom. The first-order chi connectivity index (χ1) is 15.3. The van der Waals surface area contributed by atoms with Crippen molar-refractivity contribution in [1.29, 1.82) is 0 Å². The van der Waals surface area contributed by atoms with Crippen molar-refractivity contribution in [2.45, 2.75) is 11.4 Å². The van der Waals surface area contributed by atoms with Crippen LogP contribution in [0.4, 0.5) is 15.8 Å². The molecule has 0 radical (unpaired) electrons. The van der Waals surface area contributed by atoms with Crippen molar-refractivity contribution < 1.29 is 22.4 Å². The molecule has 162 valence electrons. The maximum absolute atomic E-state index is 13.9. The summed E-state index contributed by atoms with van der Waals surface area (Å²) in [5, 5.41) is -0.283. The van der Waals surface area contributed by atoms with Gasteiger partial charge >= 0.3 is 0 Å². The molecule has 1 unspecified atom stereocenters. The molecular formula is C23H16ClFN2O4S. The topological polar surface area (TPSA) is 74.8 Å². The van der Waals surface area contributed by atoms with Gasteiger partial charge in [0, 0.05) is 11.3 Å². The van der Waals surface area contributed by atoms with E-state index in [4.69, 9.17) is 11.6 Å². The molecule has 9 heteroatoms. The van der Waals surface area contributed by atoms with Gasteiger partial charge < -0.3 is 4.90 Å². The van der Waals surface area contributed by atoms with Crippen LogP contribution in [0, 0.1) is 5.82 Å². The Morgan fingerprint density at radius 1 is 0.969 bits per heavy atom. The molecule has 3 aromatic carbocycles. The van der Waals surface area contributed by atoms with Crippen LogP contribution >= 0.6 is 11.6 Å². The molecule has 1 saturated heterocycles. The van der Waals surface area contributed by atoms with E-state index in [9.17, 15) is 22.4 Å². The van der Waals surface area contributed by atoms with Crippen LogP contribution in [0.2, 0.25) is 5.02 Å². The number of carbonyl (C=O) groups is 2. The molecule has 0 aliphatic carbocycles. The highest BCUT2D eigenvalue weighted by molar-refractivity contribution is 7.94. The van der Waals surface area contributed by atoms with Gasteiger partial charge in [0.2, 0.25) is 5.91 Å². The van der Waals surface area contributed by atoms with Gasteiger partial charge in [0.15, 0.2) is 9.84 Å². The largest absolute Gasteiger partial charge is 0.304 e. The fourth-order valence-corrected chi connectivity index (χ4v) is 6.65. The minimum atomic E-state index is -4.30. The van der Waals surface area contributed by atoms with E-state index in [1.807, 2.05) is 30.3 Å². The number of para-hydroxylation sites is 1. The summed E-state index contributed by atoms with van der Waals surface area (Å²) in [4.78, 5) is 27.0. The minimum Gasteiger partial charge on any atom is -0.304 e. The average Bonchev–Trinajstić information content (AvgIpc) is 3.14. The van der Waals surface area contributed by atoms with Crippen molar-refractivity contribution in [3.8, 4) is 0 Å². The van der Waals surface area contributed by atoms with E-state index in [0.29, 0.717) is 5.69 Å². The predicted molar refractivity (Wildman–Crippen MR) is 118 cm³/mol. The van der Waals surface area contributed by atoms with Crippen molar-refractivity contribution in [3.63, 3.8) is 0 Å². The van der Waals surface area contributed by atoms with E-state index in [1.54, 1.807) is 18.2 Å². The molecule has 1 fully saturated rings. The lowest BCUT2D eigenvalue weighted by atomic mass is 10.0. The lowest BCUT2D eigenvalue weighted by Crippen LogP contribution is -2.54. The summed E-state index contributed by atoms with van der Waals surface area (Å²) in [5.41, 5.74) is 1.42. The number of sulfone groups is 1. The third-order valence-electron chi connectivity index (χ3n) is 5.77. The third-order valence-corrected chi connectivity index (χ3v) is 8.16. The molecule has 3 aromatic rings. The number of amides is 2. The lowest BCUT2D eigenvalue weighted by Gasteiger charge is -2.32. The molecule has 6 nitrogen and oxygen atoms in total. The van der Waals surface area contributed by atoms with Crippen LogP contribution < -0.4 is 9.80 Å². The molecule has 2 aliphatic rings. The normalized spacial score (nSPS) is 21.4. The van der Waals surface area contributed by atoms with Gasteiger partial charge in [0.05, 0.1) is 17.3 Å². The number of benzene rings is 3. The predicted octanol–water partition coefficient (Wildman–Crippen LogP) is 3.64. The Kier molecular flexibility index (Phi) is 4.61. The molecule has 5 rings (SSSR count). The zero-order valence-electron chi connectivity index (χ0n) is 16.5. The fraction of sp³-hybridized carbons (Fsp3) is 0.130. The van der Waals surface area contributed by atoms with E-state index in [2.05, 4.69) is 0 Å². The zero-order chi connectivity index (χ0) is 22.7. The fourth-order valence-electron chi connectivity index (χ4n) is 4.44. The van der Waals surface area contributed by atoms with Crippen LogP contribution in [-0.2, 0) is 30.8 Å². The number of rotatable bonds is 3. The number of carbonyl (C=O) groups excluding carboxylic acids is 2. The van der Waals surface area contributed by atoms with E-state index in [1.165, 1.54) is 17.0 Å². The zero-order valence-corrected chi connectivity index (χ0v) is 18.1. The van der Waals surface area contributed by atoms with Crippen LogP contribution in [-0.4, -0.2) is 26.0 Å². The molecule has 2 heterocycles. The lowest BCUT2D eigenvalue weighted by molar-refractivity contribution is -0.123. The Morgan fingerprint density at radius 3 is 2.38 bits per heavy atom. The molecule has 1 spiro atoms. The van der Waals surface area contributed by atoms with Crippen LogP contribution in [0.5, 0.6) is 0 Å². The van der Waals surface area contributed by atoms with Crippen LogP contribution in [0.1, 0.15) is 11.1 Å². The van der Waals surface area contributed by atoms with Gasteiger partial charge in [-0.15, -0.1) is 0 Å². The van der Waals surface area contributed by atoms with Gasteiger partial charge in [-0.25, -0.2) is 12.8 Å². The first-order valence-corrected chi connectivity index (χ1v) is 11.8. The summed E-state index contributed by atoms with van der Waals surface area (Å²) in [7, 11) is -4.30. The maximum atomic E-state index is 13.9. The number of hydrogen-bond acceptors (Lipinski definition) is 4. The van der Waals surface area contributed by atoms with Crippen molar-refractivity contribution in [2.24, 2.45) is 0 Å². The van der Waals surface area contributed by atoms with Gasteiger partial charge in [0.25, 0.3) is 10.8 Å². The Labute approximate surface area is 188 Å². The first kappa shape index (κ1) is 20.7. The molecule has 0 N–H and O–H groups in total. The summed E-state index contributed by atoms with van der Waals surface area (Å²) >= 11 is 5.92. The maximum Gasteiger partial charge on any atom is 0.274 e. The minimum absolute atomic E-state index is 0.0344. The second-order valence-corrected chi connectivity index (χ2v) is 10.1. The second kappa shape index (κ2) is 7.15. The monoisotopic (exact) mass is 470 g/mol. The van der Waals surface area contributed by atoms with Gasteiger partial charge in [-0.1, -0.05) is 60.1 Å². The summed E-state index contributed by atoms with van der Waals surface area (Å²) in [5.74, 6) is -3.10. The summed E-state index contributed by atoms with van der Waals surface area (Å²) in [6.07, 6.45) is 0. The molecule has 2 aliphatic heterocycles. The molecular weight excluding hydrogens is 455 g/mol. The molecule has 0 bridgehead atoms. The first-order valence-electron chi connectivity index (χ1n) is 9.73. The summed E-state index contributed by atoms with van der Waals surface area (Å²) in [6, 6.07) is 19.1. The highest BCUT2D eigenvalue weighted by Crippen LogP contribution is 2.53. The van der Waals surface area contributed by atoms with E-state index in [0.717, 1.165) is 22.6 Å². The summed E-state index contributed by atoms with van der Waals surface area (Å²) in [6.45, 7) is 0.125. The smallest absolute Gasteiger partial charge is 0.274 e. The molecule has 0 saturated carbocycles. The van der Waals surface area contributed by atoms with Crippen molar-refractivity contribution >= 4 is 44.6 Å². The Bertz CT molecular complexity index is 1380. The van der Waals surface area contributed by atoms with Gasteiger partial charge in [-0.3, -0.25) is 14.5 Å². The molecule has 1 atom stereocenters. The quantitative estimate of drug-likeness (QED) is 0.585. The highest BCUT2D eigenvalue weighted by Gasteiger charge is 2.69. The van der Waals surface area contributed by atoms with Crippen LogP contribution in [0.15, 0.2) is 72.8 Å². The average molecular weight is 471 g/mol. The van der Waals surface area contributed by atoms with Crippen LogP contribution in [0.25, 0.3) is 0 Å². The molecule has 0 aromatic heterocycles. The second-order valence-electron chi connectivity index (χ2n) is 7.62.